The molecule has 3 aliphatic rings. The maximum atomic E-state index is 13.1. The predicted molar refractivity (Wildman–Crippen MR) is 145 cm³/mol. The molecule has 1 heterocycles. The lowest BCUT2D eigenvalue weighted by molar-refractivity contribution is -0.113. The van der Waals surface area contributed by atoms with Gasteiger partial charge in [0.1, 0.15) is 22.9 Å². The van der Waals surface area contributed by atoms with Gasteiger partial charge in [0.25, 0.3) is 0 Å². The molecule has 1 aromatic carbocycles. The van der Waals surface area contributed by atoms with Crippen LogP contribution >= 0.6 is 0 Å². The smallest absolute Gasteiger partial charge is 0.173 e. The van der Waals surface area contributed by atoms with Crippen molar-refractivity contribution in [2.24, 2.45) is 5.92 Å². The van der Waals surface area contributed by atoms with Crippen LogP contribution in [0.15, 0.2) is 23.8 Å². The molecule has 0 spiro atoms. The fourth-order valence-corrected chi connectivity index (χ4v) is 7.76. The van der Waals surface area contributed by atoms with Gasteiger partial charge in [-0.2, -0.15) is 0 Å². The molecule has 2 aliphatic carbocycles. The van der Waals surface area contributed by atoms with Gasteiger partial charge in [0.15, 0.2) is 15.6 Å². The molecule has 0 saturated heterocycles. The molecule has 0 bridgehead atoms. The fourth-order valence-electron chi connectivity index (χ4n) is 6.12. The predicted octanol–water partition coefficient (Wildman–Crippen LogP) is 6.68. The Morgan fingerprint density at radius 1 is 1.17 bits per heavy atom. The van der Waals surface area contributed by atoms with Gasteiger partial charge < -0.3 is 9.47 Å². The van der Waals surface area contributed by atoms with E-state index in [4.69, 9.17) is 9.47 Å². The highest BCUT2D eigenvalue weighted by molar-refractivity contribution is 7.93. The Balaban J connectivity index is 1.64. The second-order valence-corrected chi connectivity index (χ2v) is 14.6. The molecule has 4 rings (SSSR count). The van der Waals surface area contributed by atoms with Crippen LogP contribution in [0.2, 0.25) is 0 Å². The molecule has 0 amide bonds. The second kappa shape index (κ2) is 10.2. The lowest BCUT2D eigenvalue weighted by Crippen LogP contribution is -2.46. The summed E-state index contributed by atoms with van der Waals surface area (Å²) in [4.78, 5) is 13.1. The average molecular weight is 517 g/mol. The number of ketones is 1. The number of fused-ring (bicyclic) bond motifs is 3. The second-order valence-electron chi connectivity index (χ2n) is 12.3. The Bertz CT molecular complexity index is 1120. The maximum Gasteiger partial charge on any atom is 0.173 e. The summed E-state index contributed by atoms with van der Waals surface area (Å²) in [5.74, 6) is 1.28. The molecule has 1 saturated carbocycles. The topological polar surface area (TPSA) is 69.7 Å². The average Bonchev–Trinajstić information content (AvgIpc) is 3.66. The van der Waals surface area contributed by atoms with Crippen LogP contribution in [0, 0.1) is 5.92 Å². The third-order valence-electron chi connectivity index (χ3n) is 8.66. The SMILES string of the molecule is CCCCCCC(C)(C)c1cc(OC)c2c(c1)OC(C)(C)[C@@H]1CC=C(C(=O)CS(=O)(=O)C3CC3)C[C@@H]21. The summed E-state index contributed by atoms with van der Waals surface area (Å²) in [5.41, 5.74) is 2.47. The Morgan fingerprint density at radius 3 is 2.53 bits per heavy atom. The summed E-state index contributed by atoms with van der Waals surface area (Å²) >= 11 is 0. The Kier molecular flexibility index (Phi) is 7.68. The van der Waals surface area contributed by atoms with Gasteiger partial charge in [-0.1, -0.05) is 52.5 Å². The van der Waals surface area contributed by atoms with E-state index < -0.39 is 15.4 Å². The van der Waals surface area contributed by atoms with Gasteiger partial charge >= 0.3 is 0 Å². The van der Waals surface area contributed by atoms with Gasteiger partial charge in [0, 0.05) is 17.4 Å². The van der Waals surface area contributed by atoms with Crippen LogP contribution in [-0.2, 0) is 20.0 Å². The lowest BCUT2D eigenvalue weighted by Gasteiger charge is -2.47. The Hall–Kier alpha value is -1.82. The van der Waals surface area contributed by atoms with Crippen molar-refractivity contribution < 1.29 is 22.7 Å². The highest BCUT2D eigenvalue weighted by Crippen LogP contribution is 2.55. The van der Waals surface area contributed by atoms with Crippen LogP contribution in [0.4, 0.5) is 0 Å². The van der Waals surface area contributed by atoms with E-state index in [9.17, 15) is 13.2 Å². The van der Waals surface area contributed by atoms with Crippen molar-refractivity contribution >= 4 is 15.6 Å². The van der Waals surface area contributed by atoms with E-state index in [2.05, 4.69) is 46.8 Å². The van der Waals surface area contributed by atoms with Crippen LogP contribution in [-0.4, -0.2) is 37.9 Å². The van der Waals surface area contributed by atoms with Crippen molar-refractivity contribution in [1.82, 2.24) is 0 Å². The number of ether oxygens (including phenoxy) is 2. The molecule has 1 aromatic rings. The number of methoxy groups -OCH3 is 1. The van der Waals surface area contributed by atoms with Crippen LogP contribution in [0.3, 0.4) is 0 Å². The number of rotatable bonds is 11. The number of benzene rings is 1. The van der Waals surface area contributed by atoms with E-state index in [0.29, 0.717) is 31.3 Å². The standard InChI is InChI=1S/C30H44O5S/c1-7-8-9-10-15-29(2,3)21-17-26(34-6)28-23-16-20(25(31)19-36(32,33)22-12-13-22)11-14-24(23)30(4,5)35-27(28)18-21/h11,17-18,22-24H,7-10,12-16,19H2,1-6H3/t23-,24-/m1/s1. The highest BCUT2D eigenvalue weighted by atomic mass is 32.2. The summed E-state index contributed by atoms with van der Waals surface area (Å²) in [6.45, 7) is 11.1. The molecule has 36 heavy (non-hydrogen) atoms. The Morgan fingerprint density at radius 2 is 1.89 bits per heavy atom. The quantitative estimate of drug-likeness (QED) is 0.307. The molecule has 6 heteroatoms. The molecule has 1 fully saturated rings. The third-order valence-corrected chi connectivity index (χ3v) is 10.8. The monoisotopic (exact) mass is 516 g/mol. The number of allylic oxidation sites excluding steroid dienone is 2. The normalized spacial score (nSPS) is 23.2. The van der Waals surface area contributed by atoms with Crippen molar-refractivity contribution in [3.8, 4) is 11.5 Å². The van der Waals surface area contributed by atoms with Crippen LogP contribution in [0.25, 0.3) is 0 Å². The van der Waals surface area contributed by atoms with Gasteiger partial charge in [-0.25, -0.2) is 8.42 Å². The molecule has 0 radical (unpaired) electrons. The summed E-state index contributed by atoms with van der Waals surface area (Å²) in [6.07, 6.45) is 10.6. The van der Waals surface area contributed by atoms with Crippen molar-refractivity contribution in [2.45, 2.75) is 115 Å². The van der Waals surface area contributed by atoms with Crippen LogP contribution < -0.4 is 9.47 Å². The van der Waals surface area contributed by atoms with Crippen LogP contribution in [0.5, 0.6) is 11.5 Å². The summed E-state index contributed by atoms with van der Waals surface area (Å²) in [5, 5.41) is -0.315. The molecule has 200 valence electrons. The van der Waals surface area contributed by atoms with Crippen LogP contribution in [0.1, 0.15) is 109 Å². The van der Waals surface area contributed by atoms with Gasteiger partial charge in [-0.15, -0.1) is 0 Å². The summed E-state index contributed by atoms with van der Waals surface area (Å²) < 4.78 is 37.6. The first-order valence-electron chi connectivity index (χ1n) is 13.7. The van der Waals surface area contributed by atoms with Gasteiger partial charge in [-0.3, -0.25) is 4.79 Å². The van der Waals surface area contributed by atoms with Crippen molar-refractivity contribution in [3.63, 3.8) is 0 Å². The first-order valence-corrected chi connectivity index (χ1v) is 15.5. The molecule has 0 aromatic heterocycles. The first kappa shape index (κ1) is 27.2. The van der Waals surface area contributed by atoms with Gasteiger partial charge in [0.2, 0.25) is 0 Å². The number of carbonyl (C=O) groups excluding carboxylic acids is 1. The minimum absolute atomic E-state index is 0.00876. The largest absolute Gasteiger partial charge is 0.496 e. The number of sulfone groups is 1. The molecule has 1 aliphatic heterocycles. The maximum absolute atomic E-state index is 13.1. The number of unbranched alkanes of at least 4 members (excludes halogenated alkanes) is 3. The molecular weight excluding hydrogens is 472 g/mol. The zero-order valence-corrected chi connectivity index (χ0v) is 23.8. The van der Waals surface area contributed by atoms with E-state index >= 15 is 0 Å². The van der Waals surface area contributed by atoms with Gasteiger partial charge in [-0.05, 0) is 74.6 Å². The Labute approximate surface area is 217 Å². The van der Waals surface area contributed by atoms with E-state index in [1.54, 1.807) is 7.11 Å². The van der Waals surface area contributed by atoms with E-state index in [-0.39, 0.29) is 34.0 Å². The number of carbonyl (C=O) groups is 1. The number of hydrogen-bond donors (Lipinski definition) is 0. The molecule has 0 unspecified atom stereocenters. The molecule has 5 nitrogen and oxygen atoms in total. The third kappa shape index (κ3) is 5.54. The van der Waals surface area contributed by atoms with Crippen molar-refractivity contribution in [2.75, 3.05) is 12.9 Å². The van der Waals surface area contributed by atoms with Crippen molar-refractivity contribution in [1.29, 1.82) is 0 Å². The summed E-state index contributed by atoms with van der Waals surface area (Å²) in [6, 6.07) is 4.35. The van der Waals surface area contributed by atoms with Gasteiger partial charge in [0.05, 0.1) is 12.4 Å². The molecule has 2 atom stereocenters. The molecule has 0 N–H and O–H groups in total. The number of hydrogen-bond acceptors (Lipinski definition) is 5. The molecular formula is C30H44O5S. The zero-order valence-electron chi connectivity index (χ0n) is 23.0. The van der Waals surface area contributed by atoms with Crippen molar-refractivity contribution in [3.05, 3.63) is 34.9 Å². The zero-order chi connectivity index (χ0) is 26.3. The number of Topliss-reactive ketones (excluding diaryl/α,β-unsaturated/α-hetero) is 1. The van der Waals surface area contributed by atoms with E-state index in [1.165, 1.54) is 31.2 Å². The highest BCUT2D eigenvalue weighted by Gasteiger charge is 2.48. The lowest BCUT2D eigenvalue weighted by atomic mass is 9.66. The minimum atomic E-state index is -3.33. The van der Waals surface area contributed by atoms with E-state index in [1.807, 2.05) is 6.08 Å². The summed E-state index contributed by atoms with van der Waals surface area (Å²) in [7, 11) is -1.63. The van der Waals surface area contributed by atoms with E-state index in [0.717, 1.165) is 23.5 Å². The fraction of sp³-hybridized carbons (Fsp3) is 0.700. The minimum Gasteiger partial charge on any atom is -0.496 e. The first-order chi connectivity index (χ1) is 16.9.